The topological polar surface area (TPSA) is 66.4 Å². The van der Waals surface area contributed by atoms with Gasteiger partial charge in [-0.15, -0.1) is 0 Å². The first-order chi connectivity index (χ1) is 12.1. The van der Waals surface area contributed by atoms with Gasteiger partial charge in [0.2, 0.25) is 5.91 Å². The number of amides is 1. The molecule has 8 heteroatoms. The normalized spacial score (nSPS) is 12.5. The van der Waals surface area contributed by atoms with Crippen LogP contribution < -0.4 is 5.32 Å². The summed E-state index contributed by atoms with van der Waals surface area (Å²) in [6.45, 7) is 1.56. The largest absolute Gasteiger partial charge is 0.478 e. The summed E-state index contributed by atoms with van der Waals surface area (Å²) in [5.41, 5.74) is -0.324. The molecule has 1 unspecified atom stereocenters. The van der Waals surface area contributed by atoms with E-state index in [1.54, 1.807) is 6.92 Å². The fourth-order valence-electron chi connectivity index (χ4n) is 2.33. The monoisotopic (exact) mass is 385 g/mol. The van der Waals surface area contributed by atoms with Crippen molar-refractivity contribution in [3.05, 3.63) is 64.2 Å². The number of benzene rings is 2. The Bertz CT molecular complexity index is 837. The summed E-state index contributed by atoms with van der Waals surface area (Å²) in [5, 5.41) is 11.7. The van der Waals surface area contributed by atoms with Crippen molar-refractivity contribution >= 4 is 29.2 Å². The number of nitrogens with one attached hydrogen (secondary N) is 1. The van der Waals surface area contributed by atoms with Gasteiger partial charge in [-0.2, -0.15) is 13.2 Å². The average Bonchev–Trinajstić information content (AvgIpc) is 2.56. The highest BCUT2D eigenvalue weighted by molar-refractivity contribution is 6.33. The van der Waals surface area contributed by atoms with Gasteiger partial charge in [0.05, 0.1) is 21.8 Å². The van der Waals surface area contributed by atoms with E-state index < -0.39 is 29.5 Å². The van der Waals surface area contributed by atoms with Crippen molar-refractivity contribution in [3.63, 3.8) is 0 Å². The van der Waals surface area contributed by atoms with E-state index in [1.807, 2.05) is 0 Å². The number of alkyl halides is 3. The standard InChI is InChI=1S/C18H15ClF3NO3/c1-10(7-11-3-2-4-13(8-11)18(20,21)22)16(24)23-15-9-12(17(25)26)5-6-14(15)19/h2-6,8-10H,7H2,1H3,(H,23,24)(H,25,26). The molecule has 2 aromatic carbocycles. The Morgan fingerprint density at radius 2 is 1.88 bits per heavy atom. The van der Waals surface area contributed by atoms with E-state index >= 15 is 0 Å². The van der Waals surface area contributed by atoms with Gasteiger partial charge >= 0.3 is 12.1 Å². The number of carboxylic acids is 1. The van der Waals surface area contributed by atoms with E-state index in [-0.39, 0.29) is 22.7 Å². The lowest BCUT2D eigenvalue weighted by molar-refractivity contribution is -0.137. The minimum Gasteiger partial charge on any atom is -0.478 e. The van der Waals surface area contributed by atoms with Crippen LogP contribution in [0.1, 0.15) is 28.4 Å². The molecule has 2 N–H and O–H groups in total. The average molecular weight is 386 g/mol. The van der Waals surface area contributed by atoms with Crippen molar-refractivity contribution in [1.29, 1.82) is 0 Å². The lowest BCUT2D eigenvalue weighted by Crippen LogP contribution is -2.22. The minimum absolute atomic E-state index is 0.0461. The van der Waals surface area contributed by atoms with Gasteiger partial charge in [-0.1, -0.05) is 36.7 Å². The summed E-state index contributed by atoms with van der Waals surface area (Å²) in [4.78, 5) is 23.3. The fourth-order valence-corrected chi connectivity index (χ4v) is 2.50. The number of rotatable bonds is 5. The van der Waals surface area contributed by atoms with E-state index in [1.165, 1.54) is 30.3 Å². The number of carbonyl (C=O) groups excluding carboxylic acids is 1. The third-order valence-electron chi connectivity index (χ3n) is 3.71. The van der Waals surface area contributed by atoms with Crippen LogP contribution in [0.5, 0.6) is 0 Å². The van der Waals surface area contributed by atoms with Gasteiger partial charge in [0.1, 0.15) is 0 Å². The molecule has 1 atom stereocenters. The summed E-state index contributed by atoms with van der Waals surface area (Å²) in [5.74, 6) is -2.30. The first kappa shape index (κ1) is 19.8. The van der Waals surface area contributed by atoms with Gasteiger partial charge in [-0.25, -0.2) is 4.79 Å². The smallest absolute Gasteiger partial charge is 0.416 e. The van der Waals surface area contributed by atoms with Crippen molar-refractivity contribution in [1.82, 2.24) is 0 Å². The van der Waals surface area contributed by atoms with Crippen molar-refractivity contribution in [2.24, 2.45) is 5.92 Å². The first-order valence-corrected chi connectivity index (χ1v) is 7.95. The Balaban J connectivity index is 2.11. The summed E-state index contributed by atoms with van der Waals surface area (Å²) in [6.07, 6.45) is -4.36. The van der Waals surface area contributed by atoms with Gasteiger partial charge in [0.25, 0.3) is 0 Å². The maximum absolute atomic E-state index is 12.8. The van der Waals surface area contributed by atoms with Crippen LogP contribution in [0.4, 0.5) is 18.9 Å². The summed E-state index contributed by atoms with van der Waals surface area (Å²) >= 11 is 5.95. The van der Waals surface area contributed by atoms with E-state index in [0.717, 1.165) is 12.1 Å². The summed E-state index contributed by atoms with van der Waals surface area (Å²) in [7, 11) is 0. The van der Waals surface area contributed by atoms with E-state index in [2.05, 4.69) is 5.32 Å². The molecule has 0 aliphatic heterocycles. The third-order valence-corrected chi connectivity index (χ3v) is 4.04. The minimum atomic E-state index is -4.45. The lowest BCUT2D eigenvalue weighted by atomic mass is 9.98. The van der Waals surface area contributed by atoms with E-state index in [4.69, 9.17) is 16.7 Å². The number of carbonyl (C=O) groups is 2. The zero-order valence-electron chi connectivity index (χ0n) is 13.6. The Kier molecular flexibility index (Phi) is 5.92. The predicted octanol–water partition coefficient (Wildman–Crippen LogP) is 4.87. The van der Waals surface area contributed by atoms with Crippen molar-refractivity contribution < 1.29 is 27.9 Å². The van der Waals surface area contributed by atoms with Crippen LogP contribution in [0.25, 0.3) is 0 Å². The Labute approximate surface area is 152 Å². The molecule has 138 valence electrons. The SMILES string of the molecule is CC(Cc1cccc(C(F)(F)F)c1)C(=O)Nc1cc(C(=O)O)ccc1Cl. The molecule has 0 radical (unpaired) electrons. The maximum atomic E-state index is 12.8. The molecular weight excluding hydrogens is 371 g/mol. The lowest BCUT2D eigenvalue weighted by Gasteiger charge is -2.15. The molecule has 0 heterocycles. The second kappa shape index (κ2) is 7.78. The second-order valence-electron chi connectivity index (χ2n) is 5.79. The molecule has 0 aliphatic rings. The summed E-state index contributed by atoms with van der Waals surface area (Å²) < 4.78 is 38.3. The number of hydrogen-bond acceptors (Lipinski definition) is 2. The van der Waals surface area contributed by atoms with Crippen LogP contribution in [0.2, 0.25) is 5.02 Å². The van der Waals surface area contributed by atoms with Gasteiger partial charge in [0, 0.05) is 5.92 Å². The number of carboxylic acid groups (broad SMARTS) is 1. The van der Waals surface area contributed by atoms with Crippen LogP contribution in [0.3, 0.4) is 0 Å². The molecule has 0 fully saturated rings. The zero-order valence-corrected chi connectivity index (χ0v) is 14.4. The van der Waals surface area contributed by atoms with Crippen LogP contribution in [0, 0.1) is 5.92 Å². The fraction of sp³-hybridized carbons (Fsp3) is 0.222. The number of hydrogen-bond donors (Lipinski definition) is 2. The molecule has 0 saturated carbocycles. The van der Waals surface area contributed by atoms with Crippen LogP contribution >= 0.6 is 11.6 Å². The van der Waals surface area contributed by atoms with Crippen LogP contribution in [-0.4, -0.2) is 17.0 Å². The van der Waals surface area contributed by atoms with Crippen molar-refractivity contribution in [2.45, 2.75) is 19.5 Å². The molecule has 0 spiro atoms. The highest BCUT2D eigenvalue weighted by Gasteiger charge is 2.30. The van der Waals surface area contributed by atoms with Crippen molar-refractivity contribution in [2.75, 3.05) is 5.32 Å². The number of aromatic carboxylic acids is 1. The molecule has 0 aromatic heterocycles. The molecule has 4 nitrogen and oxygen atoms in total. The van der Waals surface area contributed by atoms with Gasteiger partial charge in [0.15, 0.2) is 0 Å². The molecule has 1 amide bonds. The third kappa shape index (κ3) is 4.98. The van der Waals surface area contributed by atoms with E-state index in [9.17, 15) is 22.8 Å². The molecule has 26 heavy (non-hydrogen) atoms. The maximum Gasteiger partial charge on any atom is 0.416 e. The Morgan fingerprint density at radius 3 is 2.50 bits per heavy atom. The van der Waals surface area contributed by atoms with Crippen LogP contribution in [0.15, 0.2) is 42.5 Å². The molecule has 2 rings (SSSR count). The quantitative estimate of drug-likeness (QED) is 0.771. The Hall–Kier alpha value is -2.54. The molecule has 2 aromatic rings. The Morgan fingerprint density at radius 1 is 1.19 bits per heavy atom. The predicted molar refractivity (Wildman–Crippen MR) is 91.4 cm³/mol. The second-order valence-corrected chi connectivity index (χ2v) is 6.20. The van der Waals surface area contributed by atoms with Gasteiger partial charge < -0.3 is 10.4 Å². The summed E-state index contributed by atoms with van der Waals surface area (Å²) in [6, 6.07) is 8.63. The molecule has 0 saturated heterocycles. The number of halogens is 4. The molecule has 0 bridgehead atoms. The first-order valence-electron chi connectivity index (χ1n) is 7.58. The van der Waals surface area contributed by atoms with Crippen molar-refractivity contribution in [3.8, 4) is 0 Å². The van der Waals surface area contributed by atoms with E-state index in [0.29, 0.717) is 5.56 Å². The molecule has 0 aliphatic carbocycles. The van der Waals surface area contributed by atoms with Crippen LogP contribution in [-0.2, 0) is 17.4 Å². The van der Waals surface area contributed by atoms with Gasteiger partial charge in [-0.05, 0) is 36.2 Å². The highest BCUT2D eigenvalue weighted by Crippen LogP contribution is 2.30. The number of anilines is 1. The van der Waals surface area contributed by atoms with Gasteiger partial charge in [-0.3, -0.25) is 4.79 Å². The zero-order chi connectivity index (χ0) is 19.5. The molecular formula is C18H15ClF3NO3. The highest BCUT2D eigenvalue weighted by atomic mass is 35.5.